The van der Waals surface area contributed by atoms with Gasteiger partial charge in [0, 0.05) is 36.8 Å². The second kappa shape index (κ2) is 11.2. The van der Waals surface area contributed by atoms with E-state index < -0.39 is 45.3 Å². The number of amides is 2. The van der Waals surface area contributed by atoms with Crippen LogP contribution in [-0.4, -0.2) is 77.3 Å². The molecule has 0 atom stereocenters. The van der Waals surface area contributed by atoms with E-state index in [0.29, 0.717) is 44.1 Å². The molecule has 2 aliphatic heterocycles. The average molecular weight is 692 g/mol. The molecule has 1 fully saturated rings. The third-order valence-electron chi connectivity index (χ3n) is 7.71. The highest BCUT2D eigenvalue weighted by Gasteiger charge is 2.44. The molecule has 3 aromatic rings. The maximum Gasteiger partial charge on any atom is 0.471 e. The minimum atomic E-state index is -5.01. The van der Waals surface area contributed by atoms with Gasteiger partial charge >= 0.3 is 18.3 Å². The summed E-state index contributed by atoms with van der Waals surface area (Å²) in [6.07, 6.45) is -6.09. The van der Waals surface area contributed by atoms with E-state index in [-0.39, 0.29) is 58.4 Å². The van der Waals surface area contributed by atoms with E-state index in [0.717, 1.165) is 18.9 Å². The summed E-state index contributed by atoms with van der Waals surface area (Å²) in [7, 11) is -3.96. The van der Waals surface area contributed by atoms with Crippen molar-refractivity contribution in [2.45, 2.75) is 54.0 Å². The second-order valence-corrected chi connectivity index (χ2v) is 14.7. The van der Waals surface area contributed by atoms with Gasteiger partial charge in [-0.2, -0.15) is 26.3 Å². The Morgan fingerprint density at radius 1 is 1.09 bits per heavy atom. The maximum atomic E-state index is 14.1. The maximum absolute atomic E-state index is 14.1. The Hall–Kier alpha value is -3.38. The lowest BCUT2D eigenvalue weighted by atomic mass is 9.98. The predicted molar refractivity (Wildman–Crippen MR) is 153 cm³/mol. The van der Waals surface area contributed by atoms with Gasteiger partial charge in [0.25, 0.3) is 5.91 Å². The highest BCUT2D eigenvalue weighted by Crippen LogP contribution is 2.43. The number of sulfone groups is 1. The number of benzene rings is 1. The largest absolute Gasteiger partial charge is 0.471 e. The number of rotatable bonds is 5. The molecule has 0 unspecified atom stereocenters. The molecule has 6 rings (SSSR count). The zero-order valence-corrected chi connectivity index (χ0v) is 25.7. The number of aromatic nitrogens is 2. The molecule has 3 aliphatic rings. The van der Waals surface area contributed by atoms with Gasteiger partial charge in [-0.05, 0) is 54.8 Å². The van der Waals surface area contributed by atoms with E-state index >= 15 is 0 Å². The summed E-state index contributed by atoms with van der Waals surface area (Å²) in [4.78, 5) is 35.0. The van der Waals surface area contributed by atoms with Gasteiger partial charge in [-0.15, -0.1) is 23.1 Å². The number of anilines is 2. The summed E-state index contributed by atoms with van der Waals surface area (Å²) in [5.74, 6) is -3.08. The Bertz CT molecular complexity index is 1820. The first kappa shape index (κ1) is 31.6. The zero-order valence-electron chi connectivity index (χ0n) is 23.3. The Balaban J connectivity index is 1.37. The van der Waals surface area contributed by atoms with Gasteiger partial charge in [0.2, 0.25) is 5.95 Å². The Labute approximate surface area is 260 Å². The molecule has 0 bridgehead atoms. The molecule has 240 valence electrons. The molecule has 4 heterocycles. The third kappa shape index (κ3) is 6.10. The number of nitrogens with one attached hydrogen (secondary N) is 1. The Morgan fingerprint density at radius 2 is 1.82 bits per heavy atom. The number of fused-ring (bicyclic) bond motifs is 2. The van der Waals surface area contributed by atoms with Crippen molar-refractivity contribution in [1.82, 2.24) is 19.8 Å². The standard InChI is InChI=1S/C27H23F6N5O4S3/c1-43-18-9-14-12-37(24(40)27(31,32)33)5-4-13(14)8-17(18)35-25-34-11-16(26(28,29)30)21(36-25)19-10-20-22(44-19)23(39)38(15-2-3-15)6-7-45(20,41)42/h8-11,15H,2-7,12H2,1H3,(H,34,35,36). The average Bonchev–Trinajstić information content (AvgIpc) is 3.71. The van der Waals surface area contributed by atoms with Crippen LogP contribution in [0.4, 0.5) is 38.0 Å². The zero-order chi connectivity index (χ0) is 32.5. The normalized spacial score (nSPS) is 18.3. The van der Waals surface area contributed by atoms with Gasteiger partial charge in [-0.1, -0.05) is 0 Å². The number of thiophene rings is 1. The van der Waals surface area contributed by atoms with Crippen LogP contribution >= 0.6 is 23.1 Å². The SMILES string of the molecule is CSc1cc2c(cc1Nc1ncc(C(F)(F)F)c(-c3cc4c(s3)C(=O)N(C3CC3)CCS4(=O)=O)n1)CCN(C(=O)C(F)(F)F)C2. The number of carbonyl (C=O) groups excluding carboxylic acids is 2. The lowest BCUT2D eigenvalue weighted by Gasteiger charge is -2.30. The lowest BCUT2D eigenvalue weighted by molar-refractivity contribution is -0.186. The van der Waals surface area contributed by atoms with Crippen molar-refractivity contribution < 1.29 is 44.3 Å². The van der Waals surface area contributed by atoms with Crippen molar-refractivity contribution in [1.29, 1.82) is 0 Å². The smallest absolute Gasteiger partial charge is 0.334 e. The number of halogens is 6. The molecule has 1 N–H and O–H groups in total. The molecular formula is C27H23F6N5O4S3. The first-order chi connectivity index (χ1) is 21.1. The predicted octanol–water partition coefficient (Wildman–Crippen LogP) is 5.53. The van der Waals surface area contributed by atoms with Crippen molar-refractivity contribution in [2.24, 2.45) is 0 Å². The van der Waals surface area contributed by atoms with Crippen LogP contribution in [0.2, 0.25) is 0 Å². The summed E-state index contributed by atoms with van der Waals surface area (Å²) in [6.45, 7) is -0.425. The van der Waals surface area contributed by atoms with Crippen LogP contribution in [0.3, 0.4) is 0 Å². The fourth-order valence-electron chi connectivity index (χ4n) is 5.33. The number of thioether (sulfide) groups is 1. The van der Waals surface area contributed by atoms with Crippen LogP contribution < -0.4 is 5.32 Å². The van der Waals surface area contributed by atoms with Gasteiger partial charge in [-0.3, -0.25) is 9.59 Å². The fourth-order valence-corrected chi connectivity index (χ4v) is 8.84. The topological polar surface area (TPSA) is 113 Å². The molecule has 2 aromatic heterocycles. The van der Waals surface area contributed by atoms with Gasteiger partial charge in [0.05, 0.1) is 26.9 Å². The summed E-state index contributed by atoms with van der Waals surface area (Å²) >= 11 is 1.84. The van der Waals surface area contributed by atoms with Crippen molar-refractivity contribution in [3.63, 3.8) is 0 Å². The molecule has 0 saturated heterocycles. The molecule has 2 amide bonds. The Kier molecular flexibility index (Phi) is 7.83. The molecule has 0 radical (unpaired) electrons. The summed E-state index contributed by atoms with van der Waals surface area (Å²) in [6, 6.07) is 4.19. The highest BCUT2D eigenvalue weighted by atomic mass is 32.2. The third-order valence-corrected chi connectivity index (χ3v) is 11.5. The molecule has 1 aliphatic carbocycles. The van der Waals surface area contributed by atoms with Gasteiger partial charge in [-0.25, -0.2) is 18.4 Å². The van der Waals surface area contributed by atoms with E-state index in [1.165, 1.54) is 16.7 Å². The number of hydrogen-bond acceptors (Lipinski definition) is 9. The summed E-state index contributed by atoms with van der Waals surface area (Å²) in [5.41, 5.74) is -0.321. The van der Waals surface area contributed by atoms with Crippen LogP contribution in [0.1, 0.15) is 39.2 Å². The summed E-state index contributed by atoms with van der Waals surface area (Å²) < 4.78 is 107. The first-order valence-corrected chi connectivity index (χ1v) is 17.2. The van der Waals surface area contributed by atoms with Gasteiger partial charge in [0.15, 0.2) is 9.84 Å². The van der Waals surface area contributed by atoms with E-state index in [2.05, 4.69) is 15.3 Å². The molecule has 45 heavy (non-hydrogen) atoms. The van der Waals surface area contributed by atoms with Crippen LogP contribution in [-0.2, 0) is 33.8 Å². The minimum Gasteiger partial charge on any atom is -0.334 e. The van der Waals surface area contributed by atoms with E-state index in [9.17, 15) is 44.3 Å². The van der Waals surface area contributed by atoms with Crippen molar-refractivity contribution in [3.05, 3.63) is 46.0 Å². The second-order valence-electron chi connectivity index (χ2n) is 10.7. The van der Waals surface area contributed by atoms with Gasteiger partial charge < -0.3 is 15.1 Å². The van der Waals surface area contributed by atoms with Crippen LogP contribution in [0.5, 0.6) is 0 Å². The number of nitrogens with zero attached hydrogens (tertiary/aromatic N) is 4. The Morgan fingerprint density at radius 3 is 2.47 bits per heavy atom. The first-order valence-electron chi connectivity index (χ1n) is 13.5. The van der Waals surface area contributed by atoms with E-state index in [1.807, 2.05) is 0 Å². The molecular weight excluding hydrogens is 669 g/mol. The van der Waals surface area contributed by atoms with Crippen molar-refractivity contribution in [2.75, 3.05) is 30.4 Å². The van der Waals surface area contributed by atoms with Crippen LogP contribution in [0.25, 0.3) is 10.6 Å². The monoisotopic (exact) mass is 691 g/mol. The summed E-state index contributed by atoms with van der Waals surface area (Å²) in [5, 5.41) is 2.89. The van der Waals surface area contributed by atoms with Crippen molar-refractivity contribution >= 4 is 56.4 Å². The number of carbonyl (C=O) groups is 2. The minimum absolute atomic E-state index is 0.00711. The number of alkyl halides is 6. The van der Waals surface area contributed by atoms with Crippen LogP contribution in [0, 0.1) is 0 Å². The number of hydrogen-bond donors (Lipinski definition) is 1. The lowest BCUT2D eigenvalue weighted by Crippen LogP contribution is -2.43. The van der Waals surface area contributed by atoms with E-state index in [1.54, 1.807) is 18.4 Å². The van der Waals surface area contributed by atoms with Crippen molar-refractivity contribution in [3.8, 4) is 10.6 Å². The fraction of sp³-hybridized carbons (Fsp3) is 0.407. The van der Waals surface area contributed by atoms with Gasteiger partial charge in [0.1, 0.15) is 10.4 Å². The van der Waals surface area contributed by atoms with E-state index in [4.69, 9.17) is 0 Å². The van der Waals surface area contributed by atoms with Crippen LogP contribution in [0.15, 0.2) is 34.2 Å². The molecule has 18 heteroatoms. The molecule has 1 aromatic carbocycles. The molecule has 0 spiro atoms. The molecule has 9 nitrogen and oxygen atoms in total. The quantitative estimate of drug-likeness (QED) is 0.275. The highest BCUT2D eigenvalue weighted by molar-refractivity contribution is 7.98. The molecule has 1 saturated carbocycles.